The van der Waals surface area contributed by atoms with Gasteiger partial charge in [-0.3, -0.25) is 0 Å². The largest absolute Gasteiger partial charge is 0.394 e. The van der Waals surface area contributed by atoms with Crippen molar-refractivity contribution in [1.29, 1.82) is 0 Å². The Bertz CT molecular complexity index is 522. The summed E-state index contributed by atoms with van der Waals surface area (Å²) < 4.78 is 10.9. The zero-order valence-corrected chi connectivity index (χ0v) is 16.4. The van der Waals surface area contributed by atoms with E-state index >= 15 is 0 Å². The van der Waals surface area contributed by atoms with Gasteiger partial charge in [-0.15, -0.1) is 0 Å². The molecular weight excluding hydrogens is 356 g/mol. The fraction of sp³-hybridized carbons (Fsp3) is 0.895. The van der Waals surface area contributed by atoms with Crippen LogP contribution in [0.15, 0.2) is 12.2 Å². The van der Waals surface area contributed by atoms with E-state index in [4.69, 9.17) is 9.47 Å². The Labute approximate surface area is 160 Å². The van der Waals surface area contributed by atoms with Gasteiger partial charge in [0.2, 0.25) is 0 Å². The molecule has 27 heavy (non-hydrogen) atoms. The van der Waals surface area contributed by atoms with E-state index in [2.05, 4.69) is 0 Å². The zero-order valence-electron chi connectivity index (χ0n) is 16.4. The highest BCUT2D eigenvalue weighted by molar-refractivity contribution is 5.15. The first kappa shape index (κ1) is 22.7. The topological polar surface area (TPSA) is 140 Å². The molecule has 8 heteroatoms. The summed E-state index contributed by atoms with van der Waals surface area (Å²) in [6, 6.07) is 0. The van der Waals surface area contributed by atoms with Gasteiger partial charge >= 0.3 is 0 Å². The van der Waals surface area contributed by atoms with Crippen molar-refractivity contribution >= 4 is 0 Å². The van der Waals surface area contributed by atoms with Crippen LogP contribution in [0.25, 0.3) is 0 Å². The van der Waals surface area contributed by atoms with Crippen LogP contribution in [0.4, 0.5) is 0 Å². The van der Waals surface area contributed by atoms with Crippen molar-refractivity contribution in [2.45, 2.75) is 89.1 Å². The minimum absolute atomic E-state index is 0.160. The lowest BCUT2D eigenvalue weighted by Crippen LogP contribution is -2.59. The summed E-state index contributed by atoms with van der Waals surface area (Å²) in [6.45, 7) is 6.86. The standard InChI is InChI=1S/C19H34O8/c1-10-7-12(21)8-18(3,4)19(10,25)6-5-11(2)26-17-16(24)15(23)14(22)13(9-20)27-17/h5-6,10-17,20-25H,7-9H2,1-4H3/b6-5+/t10-,11+,12-,13-,14+,15+,16+,17-,19-/m0/s1. The molecule has 1 aliphatic heterocycles. The van der Waals surface area contributed by atoms with Gasteiger partial charge in [0.25, 0.3) is 0 Å². The Balaban J connectivity index is 2.07. The predicted molar refractivity (Wildman–Crippen MR) is 96.6 cm³/mol. The van der Waals surface area contributed by atoms with E-state index in [0.717, 1.165) is 0 Å². The van der Waals surface area contributed by atoms with Gasteiger partial charge in [0.15, 0.2) is 6.29 Å². The van der Waals surface area contributed by atoms with E-state index in [1.807, 2.05) is 20.8 Å². The summed E-state index contributed by atoms with van der Waals surface area (Å²) in [6.07, 6.45) is -3.42. The first-order valence-corrected chi connectivity index (χ1v) is 9.48. The normalized spacial score (nSPS) is 46.5. The van der Waals surface area contributed by atoms with Gasteiger partial charge in [-0.25, -0.2) is 0 Å². The average molecular weight is 390 g/mol. The number of ether oxygens (including phenoxy) is 2. The van der Waals surface area contributed by atoms with Crippen molar-refractivity contribution in [3.8, 4) is 0 Å². The zero-order chi connectivity index (χ0) is 20.6. The molecule has 2 aliphatic rings. The highest BCUT2D eigenvalue weighted by Gasteiger charge is 2.50. The molecule has 1 saturated carbocycles. The third kappa shape index (κ3) is 4.54. The lowest BCUT2D eigenvalue weighted by atomic mass is 9.60. The van der Waals surface area contributed by atoms with E-state index in [0.29, 0.717) is 12.8 Å². The molecule has 1 heterocycles. The molecule has 8 nitrogen and oxygen atoms in total. The van der Waals surface area contributed by atoms with Crippen LogP contribution in [0, 0.1) is 11.3 Å². The number of aliphatic hydroxyl groups excluding tert-OH is 5. The van der Waals surface area contributed by atoms with Crippen LogP contribution >= 0.6 is 0 Å². The van der Waals surface area contributed by atoms with Gasteiger partial charge in [-0.1, -0.05) is 32.9 Å². The Kier molecular flexibility index (Phi) is 7.08. The van der Waals surface area contributed by atoms with Crippen LogP contribution in [0.2, 0.25) is 0 Å². The Morgan fingerprint density at radius 3 is 2.33 bits per heavy atom. The molecule has 2 rings (SSSR count). The molecule has 0 spiro atoms. The van der Waals surface area contributed by atoms with E-state index in [-0.39, 0.29) is 5.92 Å². The quantitative estimate of drug-likeness (QED) is 0.339. The van der Waals surface area contributed by atoms with Gasteiger partial charge in [0.05, 0.1) is 24.4 Å². The van der Waals surface area contributed by atoms with Gasteiger partial charge in [0, 0.05) is 0 Å². The second-order valence-corrected chi connectivity index (χ2v) is 8.60. The molecule has 1 saturated heterocycles. The van der Waals surface area contributed by atoms with Crippen LogP contribution in [0.3, 0.4) is 0 Å². The van der Waals surface area contributed by atoms with Crippen LogP contribution < -0.4 is 0 Å². The highest BCUT2D eigenvalue weighted by atomic mass is 16.7. The molecule has 0 unspecified atom stereocenters. The average Bonchev–Trinajstić information content (AvgIpc) is 2.58. The van der Waals surface area contributed by atoms with Crippen molar-refractivity contribution in [2.75, 3.05) is 6.61 Å². The van der Waals surface area contributed by atoms with Crippen LogP contribution in [-0.4, -0.2) is 85.8 Å². The second-order valence-electron chi connectivity index (χ2n) is 8.60. The molecule has 9 atom stereocenters. The first-order valence-electron chi connectivity index (χ1n) is 9.48. The minimum atomic E-state index is -1.50. The van der Waals surface area contributed by atoms with Crippen molar-refractivity contribution in [3.63, 3.8) is 0 Å². The predicted octanol–water partition coefficient (Wildman–Crippen LogP) is -0.704. The molecule has 0 amide bonds. The number of rotatable bonds is 5. The van der Waals surface area contributed by atoms with Gasteiger partial charge in [-0.2, -0.15) is 0 Å². The molecule has 2 fully saturated rings. The first-order chi connectivity index (χ1) is 12.4. The third-order valence-electron chi connectivity index (χ3n) is 6.03. The fourth-order valence-corrected chi connectivity index (χ4v) is 4.20. The molecular formula is C19H34O8. The highest BCUT2D eigenvalue weighted by Crippen LogP contribution is 2.48. The van der Waals surface area contributed by atoms with Gasteiger partial charge in [0.1, 0.15) is 24.4 Å². The fourth-order valence-electron chi connectivity index (χ4n) is 4.20. The third-order valence-corrected chi connectivity index (χ3v) is 6.03. The van der Waals surface area contributed by atoms with Crippen LogP contribution in [0.5, 0.6) is 0 Å². The molecule has 6 N–H and O–H groups in total. The Hall–Kier alpha value is -0.580. The maximum Gasteiger partial charge on any atom is 0.187 e. The smallest absolute Gasteiger partial charge is 0.187 e. The maximum atomic E-state index is 11.2. The van der Waals surface area contributed by atoms with Gasteiger partial charge in [-0.05, 0) is 31.1 Å². The van der Waals surface area contributed by atoms with Crippen molar-refractivity contribution in [1.82, 2.24) is 0 Å². The van der Waals surface area contributed by atoms with Crippen LogP contribution in [-0.2, 0) is 9.47 Å². The molecule has 0 bridgehead atoms. The molecule has 0 aromatic rings. The van der Waals surface area contributed by atoms with Crippen LogP contribution in [0.1, 0.15) is 40.5 Å². The Morgan fingerprint density at radius 2 is 1.78 bits per heavy atom. The summed E-state index contributed by atoms with van der Waals surface area (Å²) in [5, 5.41) is 60.1. The number of hydrogen-bond donors (Lipinski definition) is 6. The van der Waals surface area contributed by atoms with E-state index in [9.17, 15) is 30.6 Å². The van der Waals surface area contributed by atoms with Crippen molar-refractivity contribution in [2.24, 2.45) is 11.3 Å². The maximum absolute atomic E-state index is 11.2. The lowest BCUT2D eigenvalue weighted by Gasteiger charge is -2.50. The summed E-state index contributed by atoms with van der Waals surface area (Å²) in [7, 11) is 0. The van der Waals surface area contributed by atoms with Crippen molar-refractivity contribution < 1.29 is 40.1 Å². The Morgan fingerprint density at radius 1 is 1.15 bits per heavy atom. The summed E-state index contributed by atoms with van der Waals surface area (Å²) in [5.74, 6) is -0.160. The summed E-state index contributed by atoms with van der Waals surface area (Å²) in [5.41, 5.74) is -1.68. The molecule has 158 valence electrons. The molecule has 0 aromatic carbocycles. The lowest BCUT2D eigenvalue weighted by molar-refractivity contribution is -0.306. The number of aliphatic hydroxyl groups is 6. The number of hydrogen-bond acceptors (Lipinski definition) is 8. The van der Waals surface area contributed by atoms with E-state index in [1.54, 1.807) is 19.1 Å². The molecule has 0 aromatic heterocycles. The SMILES string of the molecule is C[C@H](/C=C/[C@]1(O)[C@@H](C)C[C@H](O)CC1(C)C)O[C@H]1O[C@@H](CO)[C@@H](O)[C@@H](O)[C@H]1O. The molecule has 1 aliphatic carbocycles. The van der Waals surface area contributed by atoms with Crippen molar-refractivity contribution in [3.05, 3.63) is 12.2 Å². The van der Waals surface area contributed by atoms with E-state index < -0.39 is 60.5 Å². The molecule has 0 radical (unpaired) electrons. The summed E-state index contributed by atoms with van der Waals surface area (Å²) >= 11 is 0. The monoisotopic (exact) mass is 390 g/mol. The summed E-state index contributed by atoms with van der Waals surface area (Å²) in [4.78, 5) is 0. The second kappa shape index (κ2) is 8.42. The van der Waals surface area contributed by atoms with Gasteiger partial charge < -0.3 is 40.1 Å². The minimum Gasteiger partial charge on any atom is -0.394 e. The van der Waals surface area contributed by atoms with E-state index in [1.165, 1.54) is 0 Å².